The van der Waals surface area contributed by atoms with E-state index in [-0.39, 0.29) is 30.9 Å². The Morgan fingerprint density at radius 3 is 2.45 bits per heavy atom. The molecule has 1 aliphatic carbocycles. The maximum Gasteiger partial charge on any atom is 0.251 e. The first kappa shape index (κ1) is 22.4. The van der Waals surface area contributed by atoms with E-state index in [1.165, 1.54) is 9.70 Å². The fourth-order valence-electron chi connectivity index (χ4n) is 3.91. The minimum absolute atomic E-state index is 0.0571. The predicted octanol–water partition coefficient (Wildman–Crippen LogP) is 2.75. The molecule has 0 aliphatic heterocycles. The van der Waals surface area contributed by atoms with Crippen LogP contribution in [-0.4, -0.2) is 51.7 Å². The Balaban J connectivity index is 1.47. The van der Waals surface area contributed by atoms with E-state index in [0.29, 0.717) is 11.5 Å². The maximum absolute atomic E-state index is 13.2. The second-order valence-electron chi connectivity index (χ2n) is 8.24. The van der Waals surface area contributed by atoms with E-state index in [0.717, 1.165) is 42.6 Å². The summed E-state index contributed by atoms with van der Waals surface area (Å²) in [5.41, 5.74) is 2.49. The first-order valence-corrected chi connectivity index (χ1v) is 11.1. The van der Waals surface area contributed by atoms with Crippen molar-refractivity contribution in [2.75, 3.05) is 18.6 Å². The van der Waals surface area contributed by atoms with Crippen molar-refractivity contribution in [3.63, 3.8) is 0 Å². The summed E-state index contributed by atoms with van der Waals surface area (Å²) in [4.78, 5) is 28.6. The Hall–Kier alpha value is -3.75. The second kappa shape index (κ2) is 10.2. The summed E-state index contributed by atoms with van der Waals surface area (Å²) in [6.45, 7) is 1.79. The van der Waals surface area contributed by atoms with Gasteiger partial charge in [0, 0.05) is 17.3 Å². The lowest BCUT2D eigenvalue weighted by Crippen LogP contribution is -2.44. The van der Waals surface area contributed by atoms with Gasteiger partial charge in [0.25, 0.3) is 5.91 Å². The standard InChI is InChI=1S/C24H28N6O3/c1-17-7-11-20(12-8-17)29(15-22(31)25-19-5-3-4-6-19)23(32)16-30-27-24(26-28-30)18-9-13-21(33-2)14-10-18/h7-14,19H,3-6,15-16H2,1-2H3,(H,25,31). The molecule has 1 saturated carbocycles. The van der Waals surface area contributed by atoms with Gasteiger partial charge in [0.1, 0.15) is 18.8 Å². The molecule has 1 N–H and O–H groups in total. The summed E-state index contributed by atoms with van der Waals surface area (Å²) >= 11 is 0. The van der Waals surface area contributed by atoms with Gasteiger partial charge in [0.2, 0.25) is 11.7 Å². The van der Waals surface area contributed by atoms with Crippen molar-refractivity contribution in [2.24, 2.45) is 0 Å². The summed E-state index contributed by atoms with van der Waals surface area (Å²) < 4.78 is 5.17. The number of carbonyl (C=O) groups excluding carboxylic acids is 2. The van der Waals surface area contributed by atoms with Crippen molar-refractivity contribution in [1.29, 1.82) is 0 Å². The van der Waals surface area contributed by atoms with Crippen molar-refractivity contribution >= 4 is 17.5 Å². The van der Waals surface area contributed by atoms with Gasteiger partial charge in [-0.3, -0.25) is 9.59 Å². The number of carbonyl (C=O) groups is 2. The molecule has 3 aromatic rings. The van der Waals surface area contributed by atoms with E-state index in [9.17, 15) is 9.59 Å². The van der Waals surface area contributed by atoms with Crippen LogP contribution in [0.5, 0.6) is 5.75 Å². The molecule has 2 aromatic carbocycles. The van der Waals surface area contributed by atoms with Gasteiger partial charge in [-0.25, -0.2) is 0 Å². The summed E-state index contributed by atoms with van der Waals surface area (Å²) in [6.07, 6.45) is 4.22. The molecular weight excluding hydrogens is 420 g/mol. The average molecular weight is 449 g/mol. The van der Waals surface area contributed by atoms with E-state index >= 15 is 0 Å². The van der Waals surface area contributed by atoms with Gasteiger partial charge in [0.15, 0.2) is 0 Å². The van der Waals surface area contributed by atoms with Crippen LogP contribution in [0.3, 0.4) is 0 Å². The van der Waals surface area contributed by atoms with Gasteiger partial charge in [-0.15, -0.1) is 10.2 Å². The van der Waals surface area contributed by atoms with Gasteiger partial charge in [-0.05, 0) is 61.4 Å². The number of amides is 2. The number of methoxy groups -OCH3 is 1. The molecule has 1 aromatic heterocycles. The van der Waals surface area contributed by atoms with Crippen molar-refractivity contribution in [2.45, 2.75) is 45.2 Å². The van der Waals surface area contributed by atoms with Crippen molar-refractivity contribution in [1.82, 2.24) is 25.5 Å². The Kier molecular flexibility index (Phi) is 6.97. The van der Waals surface area contributed by atoms with Crippen molar-refractivity contribution in [3.8, 4) is 17.1 Å². The summed E-state index contributed by atoms with van der Waals surface area (Å²) in [6, 6.07) is 15.0. The number of ether oxygens (including phenoxy) is 1. The minimum atomic E-state index is -0.292. The topological polar surface area (TPSA) is 102 Å². The summed E-state index contributed by atoms with van der Waals surface area (Å²) in [5.74, 6) is 0.678. The van der Waals surface area contributed by atoms with E-state index in [4.69, 9.17) is 4.74 Å². The van der Waals surface area contributed by atoms with Crippen LogP contribution in [0, 0.1) is 6.92 Å². The first-order chi connectivity index (χ1) is 16.0. The number of aromatic nitrogens is 4. The first-order valence-electron chi connectivity index (χ1n) is 11.1. The number of hydrogen-bond donors (Lipinski definition) is 1. The van der Waals surface area contributed by atoms with E-state index in [1.54, 1.807) is 7.11 Å². The van der Waals surface area contributed by atoms with Crippen LogP contribution in [0.2, 0.25) is 0 Å². The lowest BCUT2D eigenvalue weighted by molar-refractivity contribution is -0.124. The molecule has 9 nitrogen and oxygen atoms in total. The lowest BCUT2D eigenvalue weighted by Gasteiger charge is -2.23. The number of anilines is 1. The molecule has 1 fully saturated rings. The molecule has 0 spiro atoms. The number of nitrogens with one attached hydrogen (secondary N) is 1. The third-order valence-corrected chi connectivity index (χ3v) is 5.75. The zero-order chi connectivity index (χ0) is 23.2. The highest BCUT2D eigenvalue weighted by Gasteiger charge is 2.23. The number of nitrogens with zero attached hydrogens (tertiary/aromatic N) is 5. The van der Waals surface area contributed by atoms with Crippen LogP contribution in [0.1, 0.15) is 31.2 Å². The number of hydrogen-bond acceptors (Lipinski definition) is 6. The van der Waals surface area contributed by atoms with Gasteiger partial charge in [-0.1, -0.05) is 30.5 Å². The van der Waals surface area contributed by atoms with E-state index in [1.807, 2.05) is 55.5 Å². The van der Waals surface area contributed by atoms with E-state index < -0.39 is 0 Å². The normalized spacial score (nSPS) is 13.6. The number of tetrazole rings is 1. The molecule has 1 heterocycles. The highest BCUT2D eigenvalue weighted by atomic mass is 16.5. The molecule has 0 bridgehead atoms. The maximum atomic E-state index is 13.2. The van der Waals surface area contributed by atoms with Gasteiger partial charge in [0.05, 0.1) is 7.11 Å². The zero-order valence-corrected chi connectivity index (χ0v) is 18.9. The number of aryl methyl sites for hydroxylation is 1. The smallest absolute Gasteiger partial charge is 0.251 e. The Bertz CT molecular complexity index is 1090. The molecule has 2 amide bonds. The molecule has 0 saturated heterocycles. The van der Waals surface area contributed by atoms with Gasteiger partial charge >= 0.3 is 0 Å². The minimum Gasteiger partial charge on any atom is -0.497 e. The Labute approximate surface area is 192 Å². The summed E-state index contributed by atoms with van der Waals surface area (Å²) in [7, 11) is 1.60. The van der Waals surface area contributed by atoms with Crippen molar-refractivity contribution in [3.05, 3.63) is 54.1 Å². The second-order valence-corrected chi connectivity index (χ2v) is 8.24. The van der Waals surface area contributed by atoms with Crippen LogP contribution < -0.4 is 15.0 Å². The van der Waals surface area contributed by atoms with Crippen molar-refractivity contribution < 1.29 is 14.3 Å². The van der Waals surface area contributed by atoms with Gasteiger partial charge < -0.3 is 15.0 Å². The average Bonchev–Trinajstić information content (AvgIpc) is 3.50. The highest BCUT2D eigenvalue weighted by Crippen LogP contribution is 2.20. The SMILES string of the molecule is COc1ccc(-c2nnn(CC(=O)N(CC(=O)NC3CCCC3)c3ccc(C)cc3)n2)cc1. The summed E-state index contributed by atoms with van der Waals surface area (Å²) in [5, 5.41) is 15.5. The third-order valence-electron chi connectivity index (χ3n) is 5.75. The molecule has 0 unspecified atom stereocenters. The quantitative estimate of drug-likeness (QED) is 0.569. The number of benzene rings is 2. The highest BCUT2D eigenvalue weighted by molar-refractivity contribution is 5.98. The Morgan fingerprint density at radius 2 is 1.79 bits per heavy atom. The molecule has 0 atom stereocenters. The van der Waals surface area contributed by atoms with E-state index in [2.05, 4.69) is 20.7 Å². The molecule has 33 heavy (non-hydrogen) atoms. The fourth-order valence-corrected chi connectivity index (χ4v) is 3.91. The third kappa shape index (κ3) is 5.74. The Morgan fingerprint density at radius 1 is 1.09 bits per heavy atom. The van der Waals surface area contributed by atoms with Gasteiger partial charge in [-0.2, -0.15) is 4.80 Å². The van der Waals surface area contributed by atoms with Crippen LogP contribution in [-0.2, 0) is 16.1 Å². The molecule has 1 aliphatic rings. The monoisotopic (exact) mass is 448 g/mol. The largest absolute Gasteiger partial charge is 0.497 e. The molecule has 172 valence electrons. The number of rotatable bonds is 8. The molecule has 0 radical (unpaired) electrons. The lowest BCUT2D eigenvalue weighted by atomic mass is 10.2. The van der Waals surface area contributed by atoms with Crippen LogP contribution in [0.4, 0.5) is 5.69 Å². The molecule has 4 rings (SSSR count). The van der Waals surface area contributed by atoms with Crippen LogP contribution in [0.25, 0.3) is 11.4 Å². The van der Waals surface area contributed by atoms with Crippen LogP contribution in [0.15, 0.2) is 48.5 Å². The zero-order valence-electron chi connectivity index (χ0n) is 18.9. The predicted molar refractivity (Wildman–Crippen MR) is 124 cm³/mol. The fraction of sp³-hybridized carbons (Fsp3) is 0.375. The molecular formula is C24H28N6O3. The van der Waals surface area contributed by atoms with Crippen LogP contribution >= 0.6 is 0 Å². The molecule has 9 heteroatoms.